The number of hydrogen-bond donors (Lipinski definition) is 2. The van der Waals surface area contributed by atoms with Crippen LogP contribution in [0.2, 0.25) is 0 Å². The molecule has 4 heteroatoms. The summed E-state index contributed by atoms with van der Waals surface area (Å²) < 4.78 is 0. The van der Waals surface area contributed by atoms with Crippen molar-refractivity contribution in [2.24, 2.45) is 0 Å². The van der Waals surface area contributed by atoms with Crippen molar-refractivity contribution in [2.45, 2.75) is 39.0 Å². The lowest BCUT2D eigenvalue weighted by molar-refractivity contribution is 0.154. The molecule has 0 amide bonds. The van der Waals surface area contributed by atoms with Crippen molar-refractivity contribution in [1.82, 2.24) is 10.3 Å². The summed E-state index contributed by atoms with van der Waals surface area (Å²) in [6.07, 6.45) is 2.21. The monoisotopic (exact) mass is 276 g/mol. The standard InChI is InChI=1S/C15H20N2OS/c1-11(16-9-14-10-17-12(2)19-14)8-15(18)13-6-4-3-5-7-13/h3-7,10-11,15-16,18H,8-9H2,1-2H3. The fourth-order valence-corrected chi connectivity index (χ4v) is 2.74. The molecule has 0 aliphatic heterocycles. The quantitative estimate of drug-likeness (QED) is 0.852. The highest BCUT2D eigenvalue weighted by Crippen LogP contribution is 2.18. The van der Waals surface area contributed by atoms with Gasteiger partial charge >= 0.3 is 0 Å². The number of aliphatic hydroxyl groups excluding tert-OH is 1. The number of rotatable bonds is 6. The molecule has 2 unspecified atom stereocenters. The summed E-state index contributed by atoms with van der Waals surface area (Å²) in [7, 11) is 0. The van der Waals surface area contributed by atoms with E-state index in [4.69, 9.17) is 0 Å². The summed E-state index contributed by atoms with van der Waals surface area (Å²) >= 11 is 1.71. The molecule has 0 saturated carbocycles. The molecule has 0 spiro atoms. The average Bonchev–Trinajstić information content (AvgIpc) is 2.83. The van der Waals surface area contributed by atoms with E-state index in [0.717, 1.165) is 17.1 Å². The van der Waals surface area contributed by atoms with Gasteiger partial charge in [-0.25, -0.2) is 4.98 Å². The molecular formula is C15H20N2OS. The fraction of sp³-hybridized carbons (Fsp3) is 0.400. The van der Waals surface area contributed by atoms with Crippen LogP contribution in [0.25, 0.3) is 0 Å². The minimum Gasteiger partial charge on any atom is -0.388 e. The van der Waals surface area contributed by atoms with Crippen molar-refractivity contribution in [1.29, 1.82) is 0 Å². The van der Waals surface area contributed by atoms with Gasteiger partial charge in [0.2, 0.25) is 0 Å². The first-order chi connectivity index (χ1) is 9.15. The molecule has 19 heavy (non-hydrogen) atoms. The van der Waals surface area contributed by atoms with Crippen LogP contribution >= 0.6 is 11.3 Å². The largest absolute Gasteiger partial charge is 0.388 e. The van der Waals surface area contributed by atoms with Crippen LogP contribution in [0.3, 0.4) is 0 Å². The third-order valence-corrected chi connectivity index (χ3v) is 3.97. The zero-order valence-corrected chi connectivity index (χ0v) is 12.2. The molecule has 102 valence electrons. The molecule has 2 atom stereocenters. The van der Waals surface area contributed by atoms with Gasteiger partial charge in [-0.05, 0) is 25.8 Å². The predicted octanol–water partition coefficient (Wildman–Crippen LogP) is 3.05. The summed E-state index contributed by atoms with van der Waals surface area (Å²) in [5.74, 6) is 0. The summed E-state index contributed by atoms with van der Waals surface area (Å²) in [4.78, 5) is 5.47. The molecule has 3 nitrogen and oxygen atoms in total. The maximum atomic E-state index is 10.1. The summed E-state index contributed by atoms with van der Waals surface area (Å²) in [5.41, 5.74) is 0.977. The Labute approximate surface area is 118 Å². The highest BCUT2D eigenvalue weighted by Gasteiger charge is 2.12. The zero-order chi connectivity index (χ0) is 13.7. The van der Waals surface area contributed by atoms with Crippen molar-refractivity contribution >= 4 is 11.3 Å². The number of aliphatic hydroxyl groups is 1. The average molecular weight is 276 g/mol. The van der Waals surface area contributed by atoms with E-state index >= 15 is 0 Å². The molecule has 0 fully saturated rings. The number of thiazole rings is 1. The zero-order valence-electron chi connectivity index (χ0n) is 11.3. The summed E-state index contributed by atoms with van der Waals surface area (Å²) in [5, 5.41) is 14.7. The van der Waals surface area contributed by atoms with E-state index in [1.54, 1.807) is 11.3 Å². The van der Waals surface area contributed by atoms with Crippen molar-refractivity contribution < 1.29 is 5.11 Å². The van der Waals surface area contributed by atoms with E-state index in [0.29, 0.717) is 6.42 Å². The third kappa shape index (κ3) is 4.42. The predicted molar refractivity (Wildman–Crippen MR) is 79.2 cm³/mol. The number of aryl methyl sites for hydroxylation is 1. The minimum atomic E-state index is -0.410. The van der Waals surface area contributed by atoms with Crippen LogP contribution in [0.5, 0.6) is 0 Å². The molecule has 1 heterocycles. The first kappa shape index (κ1) is 14.2. The fourth-order valence-electron chi connectivity index (χ4n) is 1.99. The molecule has 0 aliphatic carbocycles. The van der Waals surface area contributed by atoms with Crippen molar-refractivity contribution in [3.8, 4) is 0 Å². The topological polar surface area (TPSA) is 45.2 Å². The molecule has 2 rings (SSSR count). The number of hydrogen-bond acceptors (Lipinski definition) is 4. The molecular weight excluding hydrogens is 256 g/mol. The Morgan fingerprint density at radius 1 is 1.32 bits per heavy atom. The van der Waals surface area contributed by atoms with Crippen LogP contribution < -0.4 is 5.32 Å². The van der Waals surface area contributed by atoms with E-state index in [2.05, 4.69) is 17.2 Å². The maximum Gasteiger partial charge on any atom is 0.0897 e. The Morgan fingerprint density at radius 3 is 2.68 bits per heavy atom. The van der Waals surface area contributed by atoms with Crippen LogP contribution in [0.1, 0.15) is 34.9 Å². The van der Waals surface area contributed by atoms with Gasteiger partial charge in [0.1, 0.15) is 0 Å². The lowest BCUT2D eigenvalue weighted by Gasteiger charge is -2.17. The number of nitrogens with one attached hydrogen (secondary N) is 1. The molecule has 0 saturated heterocycles. The van der Waals surface area contributed by atoms with Gasteiger partial charge in [0.15, 0.2) is 0 Å². The Hall–Kier alpha value is -1.23. The lowest BCUT2D eigenvalue weighted by atomic mass is 10.0. The van der Waals surface area contributed by atoms with E-state index < -0.39 is 6.10 Å². The number of benzene rings is 1. The van der Waals surface area contributed by atoms with Crippen LogP contribution in [-0.4, -0.2) is 16.1 Å². The van der Waals surface area contributed by atoms with Gasteiger partial charge in [0, 0.05) is 23.7 Å². The number of aromatic nitrogens is 1. The molecule has 1 aromatic carbocycles. The Balaban J connectivity index is 1.79. The SMILES string of the molecule is Cc1ncc(CNC(C)CC(O)c2ccccc2)s1. The Kier molecular flexibility index (Phi) is 5.07. The summed E-state index contributed by atoms with van der Waals surface area (Å²) in [6, 6.07) is 10.1. The summed E-state index contributed by atoms with van der Waals surface area (Å²) in [6.45, 7) is 4.92. The van der Waals surface area contributed by atoms with Gasteiger partial charge < -0.3 is 10.4 Å². The van der Waals surface area contributed by atoms with Crippen LogP contribution in [-0.2, 0) is 6.54 Å². The smallest absolute Gasteiger partial charge is 0.0897 e. The van der Waals surface area contributed by atoms with E-state index in [9.17, 15) is 5.11 Å². The van der Waals surface area contributed by atoms with Crippen molar-refractivity contribution in [2.75, 3.05) is 0 Å². The molecule has 2 aromatic rings. The van der Waals surface area contributed by atoms with Crippen LogP contribution in [0.15, 0.2) is 36.5 Å². The first-order valence-electron chi connectivity index (χ1n) is 6.53. The molecule has 0 radical (unpaired) electrons. The molecule has 2 N–H and O–H groups in total. The van der Waals surface area contributed by atoms with E-state index in [1.807, 2.05) is 43.5 Å². The van der Waals surface area contributed by atoms with Gasteiger partial charge in [-0.1, -0.05) is 30.3 Å². The minimum absolute atomic E-state index is 0.262. The van der Waals surface area contributed by atoms with Crippen LogP contribution in [0, 0.1) is 6.92 Å². The molecule has 0 bridgehead atoms. The van der Waals surface area contributed by atoms with E-state index in [1.165, 1.54) is 4.88 Å². The second-order valence-corrected chi connectivity index (χ2v) is 6.11. The normalized spacial score (nSPS) is 14.3. The van der Waals surface area contributed by atoms with Crippen molar-refractivity contribution in [3.05, 3.63) is 52.0 Å². The van der Waals surface area contributed by atoms with Gasteiger partial charge in [0.25, 0.3) is 0 Å². The first-order valence-corrected chi connectivity index (χ1v) is 7.34. The van der Waals surface area contributed by atoms with Gasteiger partial charge in [-0.15, -0.1) is 11.3 Å². The van der Waals surface area contributed by atoms with Gasteiger partial charge in [-0.2, -0.15) is 0 Å². The lowest BCUT2D eigenvalue weighted by Crippen LogP contribution is -2.27. The van der Waals surface area contributed by atoms with Crippen LogP contribution in [0.4, 0.5) is 0 Å². The second-order valence-electron chi connectivity index (χ2n) is 4.79. The molecule has 0 aliphatic rings. The highest BCUT2D eigenvalue weighted by molar-refractivity contribution is 7.11. The number of nitrogens with zero attached hydrogens (tertiary/aromatic N) is 1. The highest BCUT2D eigenvalue weighted by atomic mass is 32.1. The Bertz CT molecular complexity index is 498. The van der Waals surface area contributed by atoms with Gasteiger partial charge in [0.05, 0.1) is 11.1 Å². The Morgan fingerprint density at radius 2 is 2.05 bits per heavy atom. The van der Waals surface area contributed by atoms with E-state index in [-0.39, 0.29) is 6.04 Å². The third-order valence-electron chi connectivity index (χ3n) is 3.06. The maximum absolute atomic E-state index is 10.1. The van der Waals surface area contributed by atoms with Crippen molar-refractivity contribution in [3.63, 3.8) is 0 Å². The van der Waals surface area contributed by atoms with Gasteiger partial charge in [-0.3, -0.25) is 0 Å². The second kappa shape index (κ2) is 6.80. The molecule has 1 aromatic heterocycles.